The molecular formula is C22H30ClNO2. The molecule has 1 aliphatic heterocycles. The minimum Gasteiger partial charge on any atom is -0.458 e. The summed E-state index contributed by atoms with van der Waals surface area (Å²) < 4.78 is 6.07. The Labute approximate surface area is 161 Å². The van der Waals surface area contributed by atoms with Gasteiger partial charge in [-0.1, -0.05) is 25.4 Å². The molecule has 3 nitrogen and oxygen atoms in total. The van der Waals surface area contributed by atoms with E-state index >= 15 is 0 Å². The van der Waals surface area contributed by atoms with E-state index in [0.717, 1.165) is 43.1 Å². The zero-order valence-corrected chi connectivity index (χ0v) is 16.7. The highest BCUT2D eigenvalue weighted by Gasteiger charge is 2.68. The standard InChI is InChI=1S/C22H30ClNO2/c1-12-11-22(10-8-18(25)26-22)21(2)9-7-14-13-5-6-17(24)20(23)16(13)4-3-15(14)19(12)21/h12-15,19,24H,3-11H2,1-2H3/t12?,13?,14?,15?,19?,21?,22-/m0/s1. The summed E-state index contributed by atoms with van der Waals surface area (Å²) in [7, 11) is 0. The molecule has 142 valence electrons. The van der Waals surface area contributed by atoms with Crippen LogP contribution in [0.4, 0.5) is 0 Å². The van der Waals surface area contributed by atoms with E-state index in [0.29, 0.717) is 35.8 Å². The summed E-state index contributed by atoms with van der Waals surface area (Å²) >= 11 is 6.55. The number of halogens is 1. The van der Waals surface area contributed by atoms with Crippen molar-refractivity contribution in [2.45, 2.75) is 77.2 Å². The van der Waals surface area contributed by atoms with Crippen LogP contribution in [0.25, 0.3) is 0 Å². The number of nitrogens with one attached hydrogen (secondary N) is 1. The molecule has 4 fully saturated rings. The zero-order chi connectivity index (χ0) is 18.3. The first-order chi connectivity index (χ1) is 12.4. The monoisotopic (exact) mass is 375 g/mol. The SMILES string of the molecule is CC1C[C@@]2(CCC(=O)O2)C2(C)CCC3C4CCC(=N)C(Cl)=C4CCC3C12. The van der Waals surface area contributed by atoms with Gasteiger partial charge in [0.15, 0.2) is 0 Å². The summed E-state index contributed by atoms with van der Waals surface area (Å²) in [6.45, 7) is 4.84. The van der Waals surface area contributed by atoms with E-state index in [1.54, 1.807) is 0 Å². The van der Waals surface area contributed by atoms with Gasteiger partial charge in [0.05, 0.1) is 5.03 Å². The van der Waals surface area contributed by atoms with Crippen LogP contribution in [0, 0.1) is 40.4 Å². The molecule has 1 N–H and O–H groups in total. The Morgan fingerprint density at radius 3 is 2.65 bits per heavy atom. The number of esters is 1. The molecular weight excluding hydrogens is 346 g/mol. The normalized spacial score (nSPS) is 50.5. The Hall–Kier alpha value is -0.830. The molecule has 0 amide bonds. The number of allylic oxidation sites excluding steroid dienone is 2. The van der Waals surface area contributed by atoms with Crippen LogP contribution in [0.3, 0.4) is 0 Å². The fourth-order valence-electron chi connectivity index (χ4n) is 8.14. The molecule has 0 aromatic rings. The summed E-state index contributed by atoms with van der Waals surface area (Å²) in [5.74, 6) is 3.35. The number of hydrogen-bond donors (Lipinski definition) is 1. The van der Waals surface area contributed by atoms with E-state index in [9.17, 15) is 4.79 Å². The van der Waals surface area contributed by atoms with Crippen molar-refractivity contribution < 1.29 is 9.53 Å². The van der Waals surface area contributed by atoms with Crippen molar-refractivity contribution in [2.24, 2.45) is 35.0 Å². The average Bonchev–Trinajstić information content (AvgIpc) is 3.08. The molecule has 1 saturated heterocycles. The van der Waals surface area contributed by atoms with E-state index in [2.05, 4.69) is 13.8 Å². The Balaban J connectivity index is 1.50. The molecule has 4 aliphatic carbocycles. The first kappa shape index (κ1) is 17.3. The van der Waals surface area contributed by atoms with Crippen LogP contribution in [0.15, 0.2) is 10.6 Å². The molecule has 6 unspecified atom stereocenters. The summed E-state index contributed by atoms with van der Waals surface area (Å²) in [5.41, 5.74) is 2.00. The number of rotatable bonds is 0. The number of carbonyl (C=O) groups is 1. The van der Waals surface area contributed by atoms with Crippen molar-refractivity contribution in [2.75, 3.05) is 0 Å². The molecule has 0 radical (unpaired) electrons. The molecule has 7 atom stereocenters. The molecule has 0 aromatic heterocycles. The fraction of sp³-hybridized carbons (Fsp3) is 0.818. The lowest BCUT2D eigenvalue weighted by molar-refractivity contribution is -0.166. The van der Waals surface area contributed by atoms with Crippen molar-refractivity contribution in [3.63, 3.8) is 0 Å². The van der Waals surface area contributed by atoms with E-state index in [4.69, 9.17) is 21.7 Å². The second-order valence-corrected chi connectivity index (χ2v) is 10.3. The number of fused-ring (bicyclic) bond motifs is 6. The van der Waals surface area contributed by atoms with Crippen molar-refractivity contribution in [3.05, 3.63) is 10.6 Å². The zero-order valence-electron chi connectivity index (χ0n) is 15.9. The summed E-state index contributed by atoms with van der Waals surface area (Å²) in [5, 5.41) is 8.91. The van der Waals surface area contributed by atoms with Gasteiger partial charge in [-0.2, -0.15) is 0 Å². The lowest BCUT2D eigenvalue weighted by Crippen LogP contribution is -2.53. The van der Waals surface area contributed by atoms with Crippen LogP contribution < -0.4 is 0 Å². The van der Waals surface area contributed by atoms with Crippen LogP contribution in [0.2, 0.25) is 0 Å². The van der Waals surface area contributed by atoms with Crippen molar-refractivity contribution >= 4 is 23.3 Å². The molecule has 4 heteroatoms. The van der Waals surface area contributed by atoms with Gasteiger partial charge in [0.2, 0.25) is 0 Å². The maximum Gasteiger partial charge on any atom is 0.306 e. The third-order valence-corrected chi connectivity index (χ3v) is 9.53. The van der Waals surface area contributed by atoms with E-state index in [1.807, 2.05) is 0 Å². The molecule has 26 heavy (non-hydrogen) atoms. The van der Waals surface area contributed by atoms with Gasteiger partial charge in [-0.3, -0.25) is 4.79 Å². The average molecular weight is 376 g/mol. The highest BCUT2D eigenvalue weighted by atomic mass is 35.5. The van der Waals surface area contributed by atoms with E-state index in [-0.39, 0.29) is 17.0 Å². The molecule has 5 aliphatic rings. The Morgan fingerprint density at radius 1 is 1.12 bits per heavy atom. The number of ether oxygens (including phenoxy) is 1. The van der Waals surface area contributed by atoms with Crippen LogP contribution >= 0.6 is 11.6 Å². The molecule has 1 spiro atoms. The van der Waals surface area contributed by atoms with Crippen LogP contribution in [-0.2, 0) is 9.53 Å². The third kappa shape index (κ3) is 2.07. The third-order valence-electron chi connectivity index (χ3n) is 9.06. The highest BCUT2D eigenvalue weighted by molar-refractivity contribution is 6.43. The van der Waals surface area contributed by atoms with Gasteiger partial charge in [0.25, 0.3) is 0 Å². The molecule has 0 aromatic carbocycles. The maximum atomic E-state index is 12.0. The van der Waals surface area contributed by atoms with Crippen molar-refractivity contribution in [3.8, 4) is 0 Å². The van der Waals surface area contributed by atoms with Gasteiger partial charge in [-0.15, -0.1) is 0 Å². The van der Waals surface area contributed by atoms with Gasteiger partial charge in [-0.25, -0.2) is 0 Å². The van der Waals surface area contributed by atoms with Gasteiger partial charge in [-0.05, 0) is 86.5 Å². The van der Waals surface area contributed by atoms with Gasteiger partial charge >= 0.3 is 5.97 Å². The smallest absolute Gasteiger partial charge is 0.306 e. The van der Waals surface area contributed by atoms with Gasteiger partial charge in [0.1, 0.15) is 5.60 Å². The van der Waals surface area contributed by atoms with Crippen LogP contribution in [0.5, 0.6) is 0 Å². The second kappa shape index (κ2) is 5.59. The maximum absolute atomic E-state index is 12.0. The van der Waals surface area contributed by atoms with E-state index in [1.165, 1.54) is 24.8 Å². The van der Waals surface area contributed by atoms with E-state index < -0.39 is 0 Å². The van der Waals surface area contributed by atoms with Crippen LogP contribution in [-0.4, -0.2) is 17.3 Å². The topological polar surface area (TPSA) is 50.2 Å². The van der Waals surface area contributed by atoms with Crippen LogP contribution in [0.1, 0.15) is 71.6 Å². The first-order valence-corrected chi connectivity index (χ1v) is 10.9. The summed E-state index contributed by atoms with van der Waals surface area (Å²) in [4.78, 5) is 12.0. The fourth-order valence-corrected chi connectivity index (χ4v) is 8.47. The Morgan fingerprint density at radius 2 is 1.92 bits per heavy atom. The Bertz CT molecular complexity index is 715. The predicted molar refractivity (Wildman–Crippen MR) is 102 cm³/mol. The van der Waals surface area contributed by atoms with Crippen molar-refractivity contribution in [1.82, 2.24) is 0 Å². The molecule has 0 bridgehead atoms. The quantitative estimate of drug-likeness (QED) is 0.571. The molecule has 3 saturated carbocycles. The van der Waals surface area contributed by atoms with Crippen molar-refractivity contribution in [1.29, 1.82) is 5.41 Å². The van der Waals surface area contributed by atoms with Gasteiger partial charge < -0.3 is 10.1 Å². The predicted octanol–water partition coefficient (Wildman–Crippen LogP) is 5.47. The lowest BCUT2D eigenvalue weighted by atomic mass is 9.49. The largest absolute Gasteiger partial charge is 0.458 e. The lowest BCUT2D eigenvalue weighted by Gasteiger charge is -2.56. The minimum atomic E-state index is -0.193. The summed E-state index contributed by atoms with van der Waals surface area (Å²) in [6, 6.07) is 0. The highest BCUT2D eigenvalue weighted by Crippen LogP contribution is 2.69. The second-order valence-electron chi connectivity index (χ2n) is 9.96. The van der Waals surface area contributed by atoms with Gasteiger partial charge in [0, 0.05) is 17.5 Å². The number of carbonyl (C=O) groups excluding carboxylic acids is 1. The minimum absolute atomic E-state index is 0.0210. The number of hydrogen-bond acceptors (Lipinski definition) is 3. The summed E-state index contributed by atoms with van der Waals surface area (Å²) in [6.07, 6.45) is 9.23. The first-order valence-electron chi connectivity index (χ1n) is 10.5. The molecule has 5 rings (SSSR count). The molecule has 1 heterocycles. The Kier molecular flexibility index (Phi) is 3.72.